The highest BCUT2D eigenvalue weighted by molar-refractivity contribution is 9.10. The number of carboxylic acids is 1. The van der Waals surface area contributed by atoms with Crippen LogP contribution in [0.4, 0.5) is 5.69 Å². The number of sulfonamides is 1. The summed E-state index contributed by atoms with van der Waals surface area (Å²) in [6, 6.07) is 4.08. The molecule has 0 saturated carbocycles. The molecule has 0 saturated heterocycles. The molecular formula is C11H14BrNO5S. The lowest BCUT2D eigenvalue weighted by molar-refractivity contribution is 0.0697. The van der Waals surface area contributed by atoms with Gasteiger partial charge in [-0.3, -0.25) is 4.72 Å². The van der Waals surface area contributed by atoms with Crippen molar-refractivity contribution >= 4 is 37.6 Å². The molecule has 19 heavy (non-hydrogen) atoms. The average Bonchev–Trinajstić information content (AvgIpc) is 2.31. The molecule has 0 radical (unpaired) electrons. The molecule has 8 heteroatoms. The summed E-state index contributed by atoms with van der Waals surface area (Å²) in [5, 5.41) is 8.80. The zero-order valence-electron chi connectivity index (χ0n) is 10.2. The zero-order valence-corrected chi connectivity index (χ0v) is 12.6. The topological polar surface area (TPSA) is 92.7 Å². The Labute approximate surface area is 120 Å². The molecule has 106 valence electrons. The summed E-state index contributed by atoms with van der Waals surface area (Å²) in [4.78, 5) is 10.8. The number of methoxy groups -OCH3 is 1. The number of ether oxygens (including phenoxy) is 1. The van der Waals surface area contributed by atoms with E-state index in [2.05, 4.69) is 20.7 Å². The minimum absolute atomic E-state index is 0.0615. The third-order valence-electron chi connectivity index (χ3n) is 2.24. The Kier molecular flexibility index (Phi) is 5.77. The molecule has 0 fully saturated rings. The largest absolute Gasteiger partial charge is 0.478 e. The van der Waals surface area contributed by atoms with Crippen LogP contribution in [0.25, 0.3) is 0 Å². The first kappa shape index (κ1) is 15.9. The maximum atomic E-state index is 11.7. The Morgan fingerprint density at radius 2 is 2.16 bits per heavy atom. The second-order valence-electron chi connectivity index (χ2n) is 3.77. The van der Waals surface area contributed by atoms with E-state index in [0.717, 1.165) is 0 Å². The molecule has 2 N–H and O–H groups in total. The average molecular weight is 352 g/mol. The lowest BCUT2D eigenvalue weighted by Crippen LogP contribution is -2.18. The van der Waals surface area contributed by atoms with E-state index in [1.54, 1.807) is 0 Å². The lowest BCUT2D eigenvalue weighted by Gasteiger charge is -2.10. The normalized spacial score (nSPS) is 11.3. The number of nitrogens with one attached hydrogen (secondary N) is 1. The molecule has 0 unspecified atom stereocenters. The molecule has 0 aromatic heterocycles. The van der Waals surface area contributed by atoms with E-state index in [0.29, 0.717) is 23.2 Å². The van der Waals surface area contributed by atoms with Gasteiger partial charge in [0.25, 0.3) is 0 Å². The van der Waals surface area contributed by atoms with E-state index < -0.39 is 16.0 Å². The van der Waals surface area contributed by atoms with E-state index in [4.69, 9.17) is 9.84 Å². The number of carbonyl (C=O) groups is 1. The van der Waals surface area contributed by atoms with Crippen molar-refractivity contribution in [3.63, 3.8) is 0 Å². The monoisotopic (exact) mass is 351 g/mol. The Bertz CT molecular complexity index is 558. The number of aromatic carboxylic acids is 1. The molecule has 0 bridgehead atoms. The minimum Gasteiger partial charge on any atom is -0.478 e. The van der Waals surface area contributed by atoms with Crippen molar-refractivity contribution in [2.75, 3.05) is 24.2 Å². The van der Waals surface area contributed by atoms with Gasteiger partial charge in [-0.05, 0) is 40.5 Å². The van der Waals surface area contributed by atoms with E-state index in [9.17, 15) is 13.2 Å². The van der Waals surface area contributed by atoms with Gasteiger partial charge in [-0.15, -0.1) is 0 Å². The minimum atomic E-state index is -3.47. The van der Waals surface area contributed by atoms with Gasteiger partial charge in [-0.2, -0.15) is 0 Å². The van der Waals surface area contributed by atoms with E-state index in [1.165, 1.54) is 25.3 Å². The van der Waals surface area contributed by atoms with Crippen LogP contribution in [-0.4, -0.2) is 39.0 Å². The Morgan fingerprint density at radius 3 is 2.68 bits per heavy atom. The second-order valence-corrected chi connectivity index (χ2v) is 6.46. The molecule has 0 aliphatic carbocycles. The molecule has 0 aliphatic rings. The number of benzene rings is 1. The molecule has 0 aliphatic heterocycles. The van der Waals surface area contributed by atoms with Crippen LogP contribution in [0.5, 0.6) is 0 Å². The molecular weight excluding hydrogens is 338 g/mol. The summed E-state index contributed by atoms with van der Waals surface area (Å²) >= 11 is 3.13. The third kappa shape index (κ3) is 5.17. The summed E-state index contributed by atoms with van der Waals surface area (Å²) in [5.41, 5.74) is 0.386. The Hall–Kier alpha value is -1.12. The van der Waals surface area contributed by atoms with Crippen LogP contribution >= 0.6 is 15.9 Å². The SMILES string of the molecule is COCCCS(=O)(=O)Nc1ccc(C(=O)O)cc1Br. The highest BCUT2D eigenvalue weighted by Gasteiger charge is 2.13. The quantitative estimate of drug-likeness (QED) is 0.732. The first-order valence-corrected chi connectivity index (χ1v) is 7.82. The number of hydrogen-bond donors (Lipinski definition) is 2. The van der Waals surface area contributed by atoms with E-state index >= 15 is 0 Å². The zero-order chi connectivity index (χ0) is 14.5. The number of rotatable bonds is 7. The number of halogens is 1. The van der Waals surface area contributed by atoms with Crippen molar-refractivity contribution in [1.29, 1.82) is 0 Å². The van der Waals surface area contributed by atoms with E-state index in [-0.39, 0.29) is 11.3 Å². The number of anilines is 1. The predicted molar refractivity (Wildman–Crippen MR) is 75.0 cm³/mol. The van der Waals surface area contributed by atoms with Crippen LogP contribution in [0.2, 0.25) is 0 Å². The summed E-state index contributed by atoms with van der Waals surface area (Å²) in [6.07, 6.45) is 0.386. The van der Waals surface area contributed by atoms with Crippen LogP contribution in [0.1, 0.15) is 16.8 Å². The number of carboxylic acid groups (broad SMARTS) is 1. The van der Waals surface area contributed by atoms with Gasteiger partial charge in [0.2, 0.25) is 10.0 Å². The summed E-state index contributed by atoms with van der Waals surface area (Å²) < 4.78 is 31.0. The highest BCUT2D eigenvalue weighted by Crippen LogP contribution is 2.24. The van der Waals surface area contributed by atoms with Gasteiger partial charge >= 0.3 is 5.97 Å². The van der Waals surface area contributed by atoms with Crippen LogP contribution < -0.4 is 4.72 Å². The Morgan fingerprint density at radius 1 is 1.47 bits per heavy atom. The Balaban J connectivity index is 2.79. The summed E-state index contributed by atoms with van der Waals surface area (Å²) in [6.45, 7) is 0.361. The molecule has 0 heterocycles. The highest BCUT2D eigenvalue weighted by atomic mass is 79.9. The van der Waals surface area contributed by atoms with Gasteiger partial charge < -0.3 is 9.84 Å². The van der Waals surface area contributed by atoms with Crippen molar-refractivity contribution in [3.05, 3.63) is 28.2 Å². The molecule has 1 aromatic rings. The first-order chi connectivity index (χ1) is 8.85. The second kappa shape index (κ2) is 6.88. The van der Waals surface area contributed by atoms with Crippen molar-refractivity contribution < 1.29 is 23.1 Å². The van der Waals surface area contributed by atoms with Crippen LogP contribution in [0, 0.1) is 0 Å². The van der Waals surface area contributed by atoms with Crippen LogP contribution in [-0.2, 0) is 14.8 Å². The summed E-state index contributed by atoms with van der Waals surface area (Å²) in [7, 11) is -1.97. The van der Waals surface area contributed by atoms with Gasteiger partial charge in [0.05, 0.1) is 17.0 Å². The van der Waals surface area contributed by atoms with Gasteiger partial charge in [-0.25, -0.2) is 13.2 Å². The van der Waals surface area contributed by atoms with Crippen molar-refractivity contribution in [2.24, 2.45) is 0 Å². The molecule has 0 amide bonds. The lowest BCUT2D eigenvalue weighted by atomic mass is 10.2. The summed E-state index contributed by atoms with van der Waals surface area (Å²) in [5.74, 6) is -1.14. The fourth-order valence-electron chi connectivity index (χ4n) is 1.34. The first-order valence-electron chi connectivity index (χ1n) is 5.38. The van der Waals surface area contributed by atoms with Crippen molar-refractivity contribution in [3.8, 4) is 0 Å². The van der Waals surface area contributed by atoms with Crippen LogP contribution in [0.15, 0.2) is 22.7 Å². The van der Waals surface area contributed by atoms with Crippen molar-refractivity contribution in [2.45, 2.75) is 6.42 Å². The smallest absolute Gasteiger partial charge is 0.335 e. The van der Waals surface area contributed by atoms with E-state index in [1.807, 2.05) is 0 Å². The molecule has 6 nitrogen and oxygen atoms in total. The fraction of sp³-hybridized carbons (Fsp3) is 0.364. The van der Waals surface area contributed by atoms with Crippen LogP contribution in [0.3, 0.4) is 0 Å². The maximum Gasteiger partial charge on any atom is 0.335 e. The fourth-order valence-corrected chi connectivity index (χ4v) is 3.06. The van der Waals surface area contributed by atoms with Gasteiger partial charge in [-0.1, -0.05) is 0 Å². The van der Waals surface area contributed by atoms with Crippen molar-refractivity contribution in [1.82, 2.24) is 0 Å². The molecule has 1 aromatic carbocycles. The van der Waals surface area contributed by atoms with Gasteiger partial charge in [0.1, 0.15) is 0 Å². The molecule has 0 spiro atoms. The molecule has 1 rings (SSSR count). The molecule has 0 atom stereocenters. The van der Waals surface area contributed by atoms with Gasteiger partial charge in [0, 0.05) is 18.2 Å². The van der Waals surface area contributed by atoms with Gasteiger partial charge in [0.15, 0.2) is 0 Å². The number of hydrogen-bond acceptors (Lipinski definition) is 4. The third-order valence-corrected chi connectivity index (χ3v) is 4.26. The standard InChI is InChI=1S/C11H14BrNO5S/c1-18-5-2-6-19(16,17)13-10-4-3-8(11(14)15)7-9(10)12/h3-4,7,13H,2,5-6H2,1H3,(H,14,15). The predicted octanol–water partition coefficient (Wildman–Crippen LogP) is 1.93. The maximum absolute atomic E-state index is 11.7.